The number of nitrogens with zero attached hydrogens (tertiary/aromatic N) is 4. The summed E-state index contributed by atoms with van der Waals surface area (Å²) in [7, 11) is 0. The van der Waals surface area contributed by atoms with Gasteiger partial charge in [-0.1, -0.05) is 18.2 Å². The summed E-state index contributed by atoms with van der Waals surface area (Å²) >= 11 is 0. The van der Waals surface area contributed by atoms with Gasteiger partial charge < -0.3 is 9.72 Å². The predicted octanol–water partition coefficient (Wildman–Crippen LogP) is 7.89. The number of halogens is 3. The third-order valence-electron chi connectivity index (χ3n) is 9.32. The van der Waals surface area contributed by atoms with E-state index in [2.05, 4.69) is 37.2 Å². The fourth-order valence-corrected chi connectivity index (χ4v) is 6.97. The molecule has 0 atom stereocenters. The van der Waals surface area contributed by atoms with E-state index in [0.29, 0.717) is 25.4 Å². The molecule has 3 aromatic heterocycles. The minimum Gasteiger partial charge on any atom is -0.492 e. The summed E-state index contributed by atoms with van der Waals surface area (Å²) in [5.74, 6) is -2.44. The summed E-state index contributed by atoms with van der Waals surface area (Å²) in [6, 6.07) is 21.0. The van der Waals surface area contributed by atoms with Gasteiger partial charge in [-0.2, -0.15) is 5.10 Å². The van der Waals surface area contributed by atoms with Gasteiger partial charge in [0.15, 0.2) is 0 Å². The second-order valence-corrected chi connectivity index (χ2v) is 12.8. The van der Waals surface area contributed by atoms with Gasteiger partial charge in [0.25, 0.3) is 5.92 Å². The van der Waals surface area contributed by atoms with Crippen molar-refractivity contribution < 1.29 is 17.9 Å². The van der Waals surface area contributed by atoms with E-state index in [4.69, 9.17) is 4.74 Å². The Hall–Kier alpha value is -4.67. The Bertz CT molecular complexity index is 2060. The molecular weight excluding hydrogens is 601 g/mol. The quantitative estimate of drug-likeness (QED) is 0.169. The second kappa shape index (κ2) is 12.2. The lowest BCUT2D eigenvalue weighted by Crippen LogP contribution is -2.25. The van der Waals surface area contributed by atoms with Gasteiger partial charge >= 0.3 is 0 Å². The van der Waals surface area contributed by atoms with Crippen molar-refractivity contribution in [2.75, 3.05) is 39.3 Å². The Morgan fingerprint density at radius 2 is 1.72 bits per heavy atom. The molecule has 3 aromatic carbocycles. The molecule has 6 aromatic rings. The Labute approximate surface area is 270 Å². The van der Waals surface area contributed by atoms with E-state index in [0.717, 1.165) is 80.6 Å². The summed E-state index contributed by atoms with van der Waals surface area (Å²) in [6.45, 7) is 4.14. The number of hydrogen-bond acceptors (Lipinski definition) is 5. The van der Waals surface area contributed by atoms with Crippen LogP contribution in [-0.4, -0.2) is 75.2 Å². The average Bonchev–Trinajstić information content (AvgIpc) is 3.87. The van der Waals surface area contributed by atoms with Crippen LogP contribution >= 0.6 is 0 Å². The molecule has 0 aliphatic carbocycles. The van der Waals surface area contributed by atoms with Crippen LogP contribution in [0.25, 0.3) is 55.4 Å². The lowest BCUT2D eigenvalue weighted by molar-refractivity contribution is 0.0115. The van der Waals surface area contributed by atoms with Crippen molar-refractivity contribution in [2.24, 2.45) is 0 Å². The molecule has 0 amide bonds. The number of aromatic amines is 2. The zero-order valence-electron chi connectivity index (χ0n) is 25.9. The van der Waals surface area contributed by atoms with E-state index >= 15 is 0 Å². The number of likely N-dealkylation sites (tertiary alicyclic amines) is 2. The lowest BCUT2D eigenvalue weighted by Gasteiger charge is -2.15. The molecule has 240 valence electrons. The minimum atomic E-state index is -2.63. The van der Waals surface area contributed by atoms with Gasteiger partial charge in [-0.3, -0.25) is 19.9 Å². The van der Waals surface area contributed by atoms with E-state index in [1.165, 1.54) is 18.9 Å². The van der Waals surface area contributed by atoms with Gasteiger partial charge in [-0.15, -0.1) is 0 Å². The SMILES string of the molecule is Fc1cc(OCCN2CCCC2)cc(-c2cccc3[nH]c(-c4n[nH]c5ccc(-c6cncc(CN7CCC(F)(F)C7)c6)cc45)cc23)c1. The molecule has 0 radical (unpaired) electrons. The summed E-state index contributed by atoms with van der Waals surface area (Å²) in [6.07, 6.45) is 5.87. The maximum atomic E-state index is 14.8. The zero-order valence-corrected chi connectivity index (χ0v) is 25.9. The number of nitrogens with one attached hydrogen (secondary N) is 2. The number of aromatic nitrogens is 4. The molecule has 10 heteroatoms. The Balaban J connectivity index is 1.08. The number of H-pyrrole nitrogens is 2. The molecule has 2 N–H and O–H groups in total. The van der Waals surface area contributed by atoms with Crippen LogP contribution in [0.2, 0.25) is 0 Å². The van der Waals surface area contributed by atoms with Crippen LogP contribution in [0, 0.1) is 5.82 Å². The number of alkyl halides is 2. The average molecular weight is 637 g/mol. The summed E-state index contributed by atoms with van der Waals surface area (Å²) < 4.78 is 48.3. The topological polar surface area (TPSA) is 73.1 Å². The largest absolute Gasteiger partial charge is 0.492 e. The van der Waals surface area contributed by atoms with Gasteiger partial charge in [0.1, 0.15) is 23.9 Å². The van der Waals surface area contributed by atoms with Gasteiger partial charge in [0, 0.05) is 66.4 Å². The molecule has 0 spiro atoms. The molecule has 2 fully saturated rings. The molecule has 7 nitrogen and oxygen atoms in total. The van der Waals surface area contributed by atoms with E-state index < -0.39 is 5.92 Å². The minimum absolute atomic E-state index is 0.105. The van der Waals surface area contributed by atoms with E-state index in [-0.39, 0.29) is 18.8 Å². The van der Waals surface area contributed by atoms with Crippen LogP contribution < -0.4 is 4.74 Å². The normalized spacial score (nSPS) is 16.9. The van der Waals surface area contributed by atoms with Gasteiger partial charge in [-0.05, 0) is 90.6 Å². The molecule has 0 bridgehead atoms. The first kappa shape index (κ1) is 29.7. The van der Waals surface area contributed by atoms with Gasteiger partial charge in [0.2, 0.25) is 0 Å². The Kier molecular flexibility index (Phi) is 7.69. The van der Waals surface area contributed by atoms with Crippen LogP contribution in [0.1, 0.15) is 24.8 Å². The molecule has 47 heavy (non-hydrogen) atoms. The first-order chi connectivity index (χ1) is 22.9. The summed E-state index contributed by atoms with van der Waals surface area (Å²) in [4.78, 5) is 12.1. The standard InChI is InChI=1S/C37H35F3N6O/c38-28-15-26(16-29(18-28)47-13-12-45-9-1-2-10-45)30-4-3-5-33-31(30)19-35(42-33)36-32-17-25(6-7-34(32)43-44-36)27-14-24(20-41-21-27)22-46-11-8-37(39,40)23-46/h3-7,14-21,42H,1-2,8-13,22-23H2,(H,43,44). The molecule has 5 heterocycles. The Morgan fingerprint density at radius 3 is 2.57 bits per heavy atom. The van der Waals surface area contributed by atoms with Crippen LogP contribution in [-0.2, 0) is 6.54 Å². The zero-order chi connectivity index (χ0) is 32.0. The van der Waals surface area contributed by atoms with Crippen molar-refractivity contribution in [1.29, 1.82) is 0 Å². The van der Waals surface area contributed by atoms with Crippen molar-refractivity contribution in [1.82, 2.24) is 30.0 Å². The molecule has 0 unspecified atom stereocenters. The molecule has 2 aliphatic rings. The van der Waals surface area contributed by atoms with Gasteiger partial charge in [0.05, 0.1) is 17.8 Å². The van der Waals surface area contributed by atoms with Gasteiger partial charge in [-0.25, -0.2) is 13.2 Å². The lowest BCUT2D eigenvalue weighted by atomic mass is 10.0. The van der Waals surface area contributed by atoms with E-state index in [1.807, 2.05) is 42.5 Å². The van der Waals surface area contributed by atoms with E-state index in [1.54, 1.807) is 23.4 Å². The molecule has 2 aliphatic heterocycles. The first-order valence-corrected chi connectivity index (χ1v) is 16.2. The predicted molar refractivity (Wildman–Crippen MR) is 178 cm³/mol. The number of rotatable bonds is 9. The smallest absolute Gasteiger partial charge is 0.261 e. The maximum absolute atomic E-state index is 14.8. The highest BCUT2D eigenvalue weighted by molar-refractivity contribution is 6.02. The van der Waals surface area contributed by atoms with E-state index in [9.17, 15) is 13.2 Å². The van der Waals surface area contributed by atoms with Crippen molar-refractivity contribution >= 4 is 21.8 Å². The number of pyridine rings is 1. The molecular formula is C37H35F3N6O. The van der Waals surface area contributed by atoms with Crippen molar-refractivity contribution in [2.45, 2.75) is 31.7 Å². The Morgan fingerprint density at radius 1 is 0.830 bits per heavy atom. The van der Waals surface area contributed by atoms with Crippen LogP contribution in [0.4, 0.5) is 13.2 Å². The summed E-state index contributed by atoms with van der Waals surface area (Å²) in [5, 5.41) is 9.69. The highest BCUT2D eigenvalue weighted by Gasteiger charge is 2.37. The number of ether oxygens (including phenoxy) is 1. The first-order valence-electron chi connectivity index (χ1n) is 16.2. The number of hydrogen-bond donors (Lipinski definition) is 2. The summed E-state index contributed by atoms with van der Waals surface area (Å²) in [5.41, 5.74) is 7.79. The third kappa shape index (κ3) is 6.23. The monoisotopic (exact) mass is 636 g/mol. The molecule has 0 saturated carbocycles. The van der Waals surface area contributed by atoms with Crippen molar-refractivity contribution in [3.05, 3.63) is 90.5 Å². The highest BCUT2D eigenvalue weighted by Crippen LogP contribution is 2.37. The van der Waals surface area contributed by atoms with Crippen molar-refractivity contribution in [3.8, 4) is 39.4 Å². The molecule has 8 rings (SSSR count). The third-order valence-corrected chi connectivity index (χ3v) is 9.32. The fourth-order valence-electron chi connectivity index (χ4n) is 6.97. The highest BCUT2D eigenvalue weighted by atomic mass is 19.3. The molecule has 2 saturated heterocycles. The number of fused-ring (bicyclic) bond motifs is 2. The fraction of sp³-hybridized carbons (Fsp3) is 0.297. The van der Waals surface area contributed by atoms with Crippen molar-refractivity contribution in [3.63, 3.8) is 0 Å². The van der Waals surface area contributed by atoms with Crippen LogP contribution in [0.5, 0.6) is 5.75 Å². The number of benzene rings is 3. The maximum Gasteiger partial charge on any atom is 0.261 e. The van der Waals surface area contributed by atoms with Crippen LogP contribution in [0.15, 0.2) is 79.1 Å². The second-order valence-electron chi connectivity index (χ2n) is 12.8. The van der Waals surface area contributed by atoms with Crippen LogP contribution in [0.3, 0.4) is 0 Å².